The average Bonchev–Trinajstić information content (AvgIpc) is 3.26. The monoisotopic (exact) mass is 452 g/mol. The second-order valence-corrected chi connectivity index (χ2v) is 8.87. The minimum atomic E-state index is -0.368. The van der Waals surface area contributed by atoms with E-state index in [1.165, 1.54) is 7.11 Å². The highest BCUT2D eigenvalue weighted by atomic mass is 19.1. The zero-order valence-electron chi connectivity index (χ0n) is 19.9. The lowest BCUT2D eigenvalue weighted by molar-refractivity contribution is 0.318. The molecular weight excluding hydrogens is 419 g/mol. The molecule has 0 amide bonds. The van der Waals surface area contributed by atoms with Gasteiger partial charge in [-0.2, -0.15) is 0 Å². The standard InChI is InChI=1S/C26H33FN4O2/c1-28-10-12-33-20-7-5-19(6-8-20)23-14-25(31-11-9-18(17-31)16-30(2)3)21-13-22(27)26(32-4)15-24(21)29-23/h5-8,13-15,18,28H,9-12,16-17H2,1-4H3. The molecule has 0 aliphatic carbocycles. The summed E-state index contributed by atoms with van der Waals surface area (Å²) in [5, 5.41) is 3.89. The third kappa shape index (κ3) is 5.37. The molecule has 1 atom stereocenters. The Hall–Kier alpha value is -2.90. The third-order valence-electron chi connectivity index (χ3n) is 6.08. The van der Waals surface area contributed by atoms with Crippen LogP contribution in [0.3, 0.4) is 0 Å². The van der Waals surface area contributed by atoms with Crippen LogP contribution in [0.25, 0.3) is 22.2 Å². The van der Waals surface area contributed by atoms with Crippen LogP contribution in [0.15, 0.2) is 42.5 Å². The number of hydrogen-bond donors (Lipinski definition) is 1. The second-order valence-electron chi connectivity index (χ2n) is 8.87. The molecule has 4 rings (SSSR count). The van der Waals surface area contributed by atoms with Gasteiger partial charge in [0, 0.05) is 48.9 Å². The fourth-order valence-electron chi connectivity index (χ4n) is 4.49. The Labute approximate surface area is 195 Å². The van der Waals surface area contributed by atoms with Crippen molar-refractivity contribution >= 4 is 16.6 Å². The summed E-state index contributed by atoms with van der Waals surface area (Å²) in [4.78, 5) is 9.46. The zero-order valence-corrected chi connectivity index (χ0v) is 19.9. The van der Waals surface area contributed by atoms with Crippen molar-refractivity contribution in [1.82, 2.24) is 15.2 Å². The van der Waals surface area contributed by atoms with Crippen molar-refractivity contribution < 1.29 is 13.9 Å². The Kier molecular flexibility index (Phi) is 7.30. The van der Waals surface area contributed by atoms with Crippen LogP contribution in [-0.4, -0.2) is 70.9 Å². The predicted octanol–water partition coefficient (Wildman–Crippen LogP) is 4.04. The molecule has 1 aliphatic rings. The van der Waals surface area contributed by atoms with Gasteiger partial charge in [-0.3, -0.25) is 0 Å². The third-order valence-corrected chi connectivity index (χ3v) is 6.08. The maximum atomic E-state index is 14.6. The summed E-state index contributed by atoms with van der Waals surface area (Å²) in [6.07, 6.45) is 1.12. The van der Waals surface area contributed by atoms with Gasteiger partial charge in [-0.15, -0.1) is 0 Å². The first-order chi connectivity index (χ1) is 16.0. The maximum absolute atomic E-state index is 14.6. The van der Waals surface area contributed by atoms with E-state index in [1.54, 1.807) is 12.1 Å². The van der Waals surface area contributed by atoms with Crippen LogP contribution < -0.4 is 19.7 Å². The van der Waals surface area contributed by atoms with Crippen molar-refractivity contribution in [2.45, 2.75) is 6.42 Å². The van der Waals surface area contributed by atoms with Crippen molar-refractivity contribution in [3.8, 4) is 22.8 Å². The molecule has 0 bridgehead atoms. The van der Waals surface area contributed by atoms with Crippen LogP contribution in [-0.2, 0) is 0 Å². The Balaban J connectivity index is 1.71. The Morgan fingerprint density at radius 2 is 1.97 bits per heavy atom. The van der Waals surface area contributed by atoms with Crippen LogP contribution in [0, 0.1) is 11.7 Å². The predicted molar refractivity (Wildman–Crippen MR) is 132 cm³/mol. The number of aromatic nitrogens is 1. The first kappa shape index (κ1) is 23.3. The van der Waals surface area contributed by atoms with Gasteiger partial charge in [0.25, 0.3) is 0 Å². The summed E-state index contributed by atoms with van der Waals surface area (Å²) in [5.74, 6) is 1.25. The molecule has 2 aromatic carbocycles. The molecule has 176 valence electrons. The van der Waals surface area contributed by atoms with E-state index < -0.39 is 0 Å². The lowest BCUT2D eigenvalue weighted by Crippen LogP contribution is -2.25. The van der Waals surface area contributed by atoms with Gasteiger partial charge in [-0.05, 0) is 69.9 Å². The molecule has 1 aliphatic heterocycles. The first-order valence-corrected chi connectivity index (χ1v) is 11.4. The fourth-order valence-corrected chi connectivity index (χ4v) is 4.49. The van der Waals surface area contributed by atoms with Gasteiger partial charge in [-0.1, -0.05) is 0 Å². The van der Waals surface area contributed by atoms with Crippen LogP contribution in [0.2, 0.25) is 0 Å². The molecule has 6 nitrogen and oxygen atoms in total. The Morgan fingerprint density at radius 3 is 2.67 bits per heavy atom. The van der Waals surface area contributed by atoms with Crippen LogP contribution in [0.1, 0.15) is 6.42 Å². The number of benzene rings is 2. The van der Waals surface area contributed by atoms with E-state index in [2.05, 4.69) is 35.3 Å². The number of nitrogens with one attached hydrogen (secondary N) is 1. The van der Waals surface area contributed by atoms with E-state index in [9.17, 15) is 4.39 Å². The average molecular weight is 453 g/mol. The van der Waals surface area contributed by atoms with E-state index in [-0.39, 0.29) is 11.6 Å². The van der Waals surface area contributed by atoms with Gasteiger partial charge in [0.2, 0.25) is 0 Å². The molecular formula is C26H33FN4O2. The van der Waals surface area contributed by atoms with Crippen molar-refractivity contribution in [2.24, 2.45) is 5.92 Å². The molecule has 33 heavy (non-hydrogen) atoms. The number of likely N-dealkylation sites (N-methyl/N-ethyl adjacent to an activating group) is 1. The SMILES string of the molecule is CNCCOc1ccc(-c2cc(N3CCC(CN(C)C)C3)c3cc(F)c(OC)cc3n2)cc1. The molecule has 2 heterocycles. The molecule has 0 radical (unpaired) electrons. The quantitative estimate of drug-likeness (QED) is 0.495. The van der Waals surface area contributed by atoms with E-state index in [0.29, 0.717) is 12.5 Å². The second kappa shape index (κ2) is 10.4. The summed E-state index contributed by atoms with van der Waals surface area (Å²) < 4.78 is 25.6. The molecule has 1 aromatic heterocycles. The minimum absolute atomic E-state index is 0.207. The van der Waals surface area contributed by atoms with E-state index in [0.717, 1.165) is 66.2 Å². The smallest absolute Gasteiger partial charge is 0.165 e. The maximum Gasteiger partial charge on any atom is 0.165 e. The fraction of sp³-hybridized carbons (Fsp3) is 0.423. The summed E-state index contributed by atoms with van der Waals surface area (Å²) >= 11 is 0. The number of hydrogen-bond acceptors (Lipinski definition) is 6. The van der Waals surface area contributed by atoms with Crippen LogP contribution in [0.4, 0.5) is 10.1 Å². The van der Waals surface area contributed by atoms with Crippen molar-refractivity contribution in [3.05, 3.63) is 48.3 Å². The van der Waals surface area contributed by atoms with Crippen molar-refractivity contribution in [1.29, 1.82) is 0 Å². The zero-order chi connectivity index (χ0) is 23.4. The van der Waals surface area contributed by atoms with Gasteiger partial charge in [0.05, 0.1) is 18.3 Å². The number of rotatable bonds is 9. The number of pyridine rings is 1. The number of nitrogens with zero attached hydrogens (tertiary/aromatic N) is 3. The van der Waals surface area contributed by atoms with Crippen molar-refractivity contribution in [2.75, 3.05) is 65.9 Å². The summed E-state index contributed by atoms with van der Waals surface area (Å²) in [5.41, 5.74) is 3.59. The van der Waals surface area contributed by atoms with E-state index in [4.69, 9.17) is 14.5 Å². The lowest BCUT2D eigenvalue weighted by Gasteiger charge is -2.23. The molecule has 1 fully saturated rings. The summed E-state index contributed by atoms with van der Waals surface area (Å²) in [6.45, 7) is 4.35. The van der Waals surface area contributed by atoms with Crippen LogP contribution >= 0.6 is 0 Å². The number of ether oxygens (including phenoxy) is 2. The van der Waals surface area contributed by atoms with Gasteiger partial charge >= 0.3 is 0 Å². The number of halogens is 1. The van der Waals surface area contributed by atoms with E-state index >= 15 is 0 Å². The molecule has 0 spiro atoms. The normalized spacial score (nSPS) is 16.1. The number of methoxy groups -OCH3 is 1. The molecule has 7 heteroatoms. The van der Waals surface area contributed by atoms with Gasteiger partial charge in [0.1, 0.15) is 12.4 Å². The summed E-state index contributed by atoms with van der Waals surface area (Å²) in [6, 6.07) is 13.3. The Morgan fingerprint density at radius 1 is 1.18 bits per heavy atom. The topological polar surface area (TPSA) is 49.9 Å². The number of fused-ring (bicyclic) bond motifs is 1. The van der Waals surface area contributed by atoms with Gasteiger partial charge < -0.3 is 24.6 Å². The van der Waals surface area contributed by atoms with E-state index in [1.807, 2.05) is 31.3 Å². The molecule has 1 unspecified atom stereocenters. The minimum Gasteiger partial charge on any atom is -0.494 e. The highest BCUT2D eigenvalue weighted by Crippen LogP contribution is 2.36. The lowest BCUT2D eigenvalue weighted by atomic mass is 10.1. The van der Waals surface area contributed by atoms with Gasteiger partial charge in [-0.25, -0.2) is 9.37 Å². The largest absolute Gasteiger partial charge is 0.494 e. The Bertz CT molecular complexity index is 1090. The highest BCUT2D eigenvalue weighted by molar-refractivity contribution is 5.95. The molecule has 3 aromatic rings. The number of anilines is 1. The van der Waals surface area contributed by atoms with Crippen molar-refractivity contribution in [3.63, 3.8) is 0 Å². The van der Waals surface area contributed by atoms with Crippen LogP contribution in [0.5, 0.6) is 11.5 Å². The van der Waals surface area contributed by atoms with Gasteiger partial charge in [0.15, 0.2) is 11.6 Å². The molecule has 1 saturated heterocycles. The first-order valence-electron chi connectivity index (χ1n) is 11.4. The molecule has 1 N–H and O–H groups in total. The summed E-state index contributed by atoms with van der Waals surface area (Å²) in [7, 11) is 7.60. The highest BCUT2D eigenvalue weighted by Gasteiger charge is 2.25. The molecule has 0 saturated carbocycles.